The molecule has 1 aromatic carbocycles. The van der Waals surface area contributed by atoms with E-state index in [0.29, 0.717) is 6.04 Å². The Labute approximate surface area is 111 Å². The first-order valence-electron chi connectivity index (χ1n) is 7.07. The second kappa shape index (κ2) is 6.24. The lowest BCUT2D eigenvalue weighted by Gasteiger charge is -2.34. The van der Waals surface area contributed by atoms with Crippen LogP contribution < -0.4 is 10.1 Å². The van der Waals surface area contributed by atoms with Crippen molar-refractivity contribution in [3.63, 3.8) is 0 Å². The van der Waals surface area contributed by atoms with E-state index >= 15 is 0 Å². The van der Waals surface area contributed by atoms with Gasteiger partial charge in [-0.25, -0.2) is 0 Å². The molecule has 1 aromatic rings. The Balaban J connectivity index is 1.90. The maximum absolute atomic E-state index is 5.26. The Bertz CT molecular complexity index is 377. The van der Waals surface area contributed by atoms with Crippen LogP contribution in [0.5, 0.6) is 5.75 Å². The predicted molar refractivity (Wildman–Crippen MR) is 75.8 cm³/mol. The third-order valence-corrected chi connectivity index (χ3v) is 4.41. The summed E-state index contributed by atoms with van der Waals surface area (Å²) >= 11 is 0. The SMILES string of the molecule is COc1cccc(CNC2CCCC(C)C2C)c1. The van der Waals surface area contributed by atoms with Crippen LogP contribution in [0, 0.1) is 11.8 Å². The number of methoxy groups -OCH3 is 1. The molecule has 0 heterocycles. The van der Waals surface area contributed by atoms with Gasteiger partial charge in [-0.05, 0) is 36.0 Å². The van der Waals surface area contributed by atoms with E-state index in [0.717, 1.165) is 24.1 Å². The summed E-state index contributed by atoms with van der Waals surface area (Å²) in [6, 6.07) is 8.99. The molecule has 0 saturated heterocycles. The van der Waals surface area contributed by atoms with Gasteiger partial charge in [-0.15, -0.1) is 0 Å². The lowest BCUT2D eigenvalue weighted by Crippen LogP contribution is -2.40. The minimum atomic E-state index is 0.667. The van der Waals surface area contributed by atoms with Crippen molar-refractivity contribution in [2.45, 2.75) is 45.7 Å². The minimum absolute atomic E-state index is 0.667. The molecule has 3 atom stereocenters. The van der Waals surface area contributed by atoms with Crippen molar-refractivity contribution in [3.8, 4) is 5.75 Å². The van der Waals surface area contributed by atoms with Gasteiger partial charge in [-0.3, -0.25) is 0 Å². The van der Waals surface area contributed by atoms with Crippen molar-refractivity contribution in [3.05, 3.63) is 29.8 Å². The average molecular weight is 247 g/mol. The van der Waals surface area contributed by atoms with Gasteiger partial charge in [-0.1, -0.05) is 38.8 Å². The summed E-state index contributed by atoms with van der Waals surface area (Å²) in [5.41, 5.74) is 1.31. The minimum Gasteiger partial charge on any atom is -0.497 e. The highest BCUT2D eigenvalue weighted by Gasteiger charge is 2.26. The molecular formula is C16H25NO. The second-order valence-electron chi connectivity index (χ2n) is 5.61. The molecule has 0 aromatic heterocycles. The molecule has 0 radical (unpaired) electrons. The molecule has 0 spiro atoms. The van der Waals surface area contributed by atoms with Crippen LogP contribution in [-0.4, -0.2) is 13.2 Å². The first kappa shape index (κ1) is 13.4. The standard InChI is InChI=1S/C16H25NO/c1-12-6-4-9-16(13(12)2)17-11-14-7-5-8-15(10-14)18-3/h5,7-8,10,12-13,16-17H,4,6,9,11H2,1-3H3. The Morgan fingerprint density at radius 1 is 1.28 bits per heavy atom. The summed E-state index contributed by atoms with van der Waals surface area (Å²) < 4.78 is 5.26. The zero-order valence-electron chi connectivity index (χ0n) is 11.8. The Morgan fingerprint density at radius 2 is 2.11 bits per heavy atom. The summed E-state index contributed by atoms with van der Waals surface area (Å²) in [6.45, 7) is 5.70. The lowest BCUT2D eigenvalue weighted by atomic mass is 9.78. The van der Waals surface area contributed by atoms with E-state index in [1.54, 1.807) is 7.11 Å². The molecule has 2 rings (SSSR count). The highest BCUT2D eigenvalue weighted by Crippen LogP contribution is 2.29. The van der Waals surface area contributed by atoms with E-state index in [1.165, 1.54) is 24.8 Å². The van der Waals surface area contributed by atoms with Crippen LogP contribution in [0.2, 0.25) is 0 Å². The molecule has 18 heavy (non-hydrogen) atoms. The Hall–Kier alpha value is -1.02. The number of benzene rings is 1. The van der Waals surface area contributed by atoms with E-state index in [9.17, 15) is 0 Å². The van der Waals surface area contributed by atoms with Crippen LogP contribution in [0.4, 0.5) is 0 Å². The number of nitrogens with one attached hydrogen (secondary N) is 1. The van der Waals surface area contributed by atoms with Crippen LogP contribution in [-0.2, 0) is 6.54 Å². The molecule has 2 nitrogen and oxygen atoms in total. The van der Waals surface area contributed by atoms with Gasteiger partial charge < -0.3 is 10.1 Å². The predicted octanol–water partition coefficient (Wildman–Crippen LogP) is 3.61. The maximum atomic E-state index is 5.26. The van der Waals surface area contributed by atoms with Crippen LogP contribution >= 0.6 is 0 Å². The van der Waals surface area contributed by atoms with Crippen molar-refractivity contribution >= 4 is 0 Å². The molecule has 100 valence electrons. The molecule has 1 aliphatic carbocycles. The number of hydrogen-bond donors (Lipinski definition) is 1. The largest absolute Gasteiger partial charge is 0.497 e. The highest BCUT2D eigenvalue weighted by atomic mass is 16.5. The molecule has 1 N–H and O–H groups in total. The van der Waals surface area contributed by atoms with E-state index in [1.807, 2.05) is 6.07 Å². The van der Waals surface area contributed by atoms with Gasteiger partial charge >= 0.3 is 0 Å². The van der Waals surface area contributed by atoms with Gasteiger partial charge in [0.1, 0.15) is 5.75 Å². The molecule has 0 bridgehead atoms. The van der Waals surface area contributed by atoms with Crippen molar-refractivity contribution in [1.29, 1.82) is 0 Å². The fourth-order valence-electron chi connectivity index (χ4n) is 2.90. The third-order valence-electron chi connectivity index (χ3n) is 4.41. The first-order valence-corrected chi connectivity index (χ1v) is 7.07. The van der Waals surface area contributed by atoms with E-state index < -0.39 is 0 Å². The number of ether oxygens (including phenoxy) is 1. The zero-order chi connectivity index (χ0) is 13.0. The molecule has 2 heteroatoms. The smallest absolute Gasteiger partial charge is 0.119 e. The lowest BCUT2D eigenvalue weighted by molar-refractivity contribution is 0.206. The summed E-state index contributed by atoms with van der Waals surface area (Å²) in [6.07, 6.45) is 4.06. The van der Waals surface area contributed by atoms with E-state index in [2.05, 4.69) is 37.4 Å². The second-order valence-corrected chi connectivity index (χ2v) is 5.61. The van der Waals surface area contributed by atoms with Gasteiger partial charge in [0, 0.05) is 12.6 Å². The van der Waals surface area contributed by atoms with Crippen molar-refractivity contribution in [1.82, 2.24) is 5.32 Å². The molecule has 1 aliphatic rings. The van der Waals surface area contributed by atoms with Crippen molar-refractivity contribution in [2.24, 2.45) is 11.8 Å². The van der Waals surface area contributed by atoms with Gasteiger partial charge in [-0.2, -0.15) is 0 Å². The summed E-state index contributed by atoms with van der Waals surface area (Å²) in [5, 5.41) is 3.71. The fourth-order valence-corrected chi connectivity index (χ4v) is 2.90. The molecule has 1 fully saturated rings. The van der Waals surface area contributed by atoms with E-state index in [-0.39, 0.29) is 0 Å². The molecule has 0 aliphatic heterocycles. The average Bonchev–Trinajstić information content (AvgIpc) is 2.41. The molecule has 0 amide bonds. The van der Waals surface area contributed by atoms with Gasteiger partial charge in [0.15, 0.2) is 0 Å². The van der Waals surface area contributed by atoms with Crippen molar-refractivity contribution in [2.75, 3.05) is 7.11 Å². The first-order chi connectivity index (χ1) is 8.70. The maximum Gasteiger partial charge on any atom is 0.119 e. The zero-order valence-corrected chi connectivity index (χ0v) is 11.8. The summed E-state index contributed by atoms with van der Waals surface area (Å²) in [7, 11) is 1.72. The number of rotatable bonds is 4. The quantitative estimate of drug-likeness (QED) is 0.877. The topological polar surface area (TPSA) is 21.3 Å². The normalized spacial score (nSPS) is 28.1. The highest BCUT2D eigenvalue weighted by molar-refractivity contribution is 5.28. The van der Waals surface area contributed by atoms with Crippen LogP contribution in [0.1, 0.15) is 38.7 Å². The van der Waals surface area contributed by atoms with Crippen LogP contribution in [0.25, 0.3) is 0 Å². The fraction of sp³-hybridized carbons (Fsp3) is 0.625. The van der Waals surface area contributed by atoms with E-state index in [4.69, 9.17) is 4.74 Å². The summed E-state index contributed by atoms with van der Waals surface area (Å²) in [4.78, 5) is 0. The summed E-state index contributed by atoms with van der Waals surface area (Å²) in [5.74, 6) is 2.57. The molecule has 1 saturated carbocycles. The van der Waals surface area contributed by atoms with Gasteiger partial charge in [0.2, 0.25) is 0 Å². The molecule has 3 unspecified atom stereocenters. The Kier molecular flexibility index (Phi) is 4.65. The van der Waals surface area contributed by atoms with Crippen LogP contribution in [0.3, 0.4) is 0 Å². The van der Waals surface area contributed by atoms with Gasteiger partial charge in [0.05, 0.1) is 7.11 Å². The van der Waals surface area contributed by atoms with Crippen LogP contribution in [0.15, 0.2) is 24.3 Å². The van der Waals surface area contributed by atoms with Crippen molar-refractivity contribution < 1.29 is 4.74 Å². The Morgan fingerprint density at radius 3 is 2.89 bits per heavy atom. The monoisotopic (exact) mass is 247 g/mol. The van der Waals surface area contributed by atoms with Gasteiger partial charge in [0.25, 0.3) is 0 Å². The number of hydrogen-bond acceptors (Lipinski definition) is 2. The molecular weight excluding hydrogens is 222 g/mol. The third kappa shape index (κ3) is 3.26.